The van der Waals surface area contributed by atoms with E-state index >= 15 is 0 Å². The second kappa shape index (κ2) is 2.45. The van der Waals surface area contributed by atoms with Gasteiger partial charge in [-0.1, -0.05) is 0 Å². The first-order chi connectivity index (χ1) is 6.09. The first kappa shape index (κ1) is 8.04. The summed E-state index contributed by atoms with van der Waals surface area (Å²) in [5, 5.41) is 13.8. The van der Waals surface area contributed by atoms with Gasteiger partial charge in [0.2, 0.25) is 5.88 Å². The standard InChI is InChI=1S/C9H11N3O/c1-5-4-8-10-7(3)6(2)9(13)12(8)11-5/h4,13H,1-3H3. The Balaban J connectivity index is 2.92. The fourth-order valence-corrected chi connectivity index (χ4v) is 1.30. The van der Waals surface area contributed by atoms with Crippen molar-refractivity contribution in [1.82, 2.24) is 14.6 Å². The first-order valence-electron chi connectivity index (χ1n) is 4.12. The molecule has 0 bridgehead atoms. The average Bonchev–Trinajstić information content (AvgIpc) is 2.42. The minimum Gasteiger partial charge on any atom is -0.493 e. The minimum absolute atomic E-state index is 0.176. The van der Waals surface area contributed by atoms with Crippen LogP contribution in [0.1, 0.15) is 17.0 Å². The quantitative estimate of drug-likeness (QED) is 0.661. The summed E-state index contributed by atoms with van der Waals surface area (Å²) in [4.78, 5) is 4.30. The van der Waals surface area contributed by atoms with E-state index in [2.05, 4.69) is 10.1 Å². The molecule has 0 aromatic carbocycles. The molecule has 0 saturated heterocycles. The van der Waals surface area contributed by atoms with Crippen molar-refractivity contribution in [2.45, 2.75) is 20.8 Å². The van der Waals surface area contributed by atoms with Crippen LogP contribution >= 0.6 is 0 Å². The van der Waals surface area contributed by atoms with E-state index < -0.39 is 0 Å². The molecule has 2 rings (SSSR count). The average molecular weight is 177 g/mol. The monoisotopic (exact) mass is 177 g/mol. The van der Waals surface area contributed by atoms with Gasteiger partial charge in [0.05, 0.1) is 5.69 Å². The van der Waals surface area contributed by atoms with Crippen LogP contribution in [0.25, 0.3) is 5.65 Å². The third kappa shape index (κ3) is 1.06. The molecule has 0 atom stereocenters. The molecule has 0 aliphatic heterocycles. The lowest BCUT2D eigenvalue weighted by Crippen LogP contribution is -1.97. The number of nitrogens with zero attached hydrogens (tertiary/aromatic N) is 3. The van der Waals surface area contributed by atoms with E-state index in [1.54, 1.807) is 0 Å². The Morgan fingerprint density at radius 3 is 2.69 bits per heavy atom. The van der Waals surface area contributed by atoms with E-state index in [4.69, 9.17) is 0 Å². The smallest absolute Gasteiger partial charge is 0.218 e. The highest BCUT2D eigenvalue weighted by Gasteiger charge is 2.08. The summed E-state index contributed by atoms with van der Waals surface area (Å²) in [5.74, 6) is 0.176. The van der Waals surface area contributed by atoms with E-state index in [1.165, 1.54) is 4.52 Å². The van der Waals surface area contributed by atoms with Gasteiger partial charge in [-0.25, -0.2) is 4.98 Å². The van der Waals surface area contributed by atoms with Crippen molar-refractivity contribution in [3.8, 4) is 5.88 Å². The van der Waals surface area contributed by atoms with Crippen molar-refractivity contribution in [3.63, 3.8) is 0 Å². The van der Waals surface area contributed by atoms with E-state index in [1.807, 2.05) is 26.8 Å². The van der Waals surface area contributed by atoms with Gasteiger partial charge < -0.3 is 5.11 Å². The molecule has 0 radical (unpaired) electrons. The third-order valence-corrected chi connectivity index (χ3v) is 2.17. The molecule has 2 aromatic rings. The summed E-state index contributed by atoms with van der Waals surface area (Å²) in [6.07, 6.45) is 0. The lowest BCUT2D eigenvalue weighted by atomic mass is 10.2. The van der Waals surface area contributed by atoms with Crippen LogP contribution in [0.4, 0.5) is 0 Å². The summed E-state index contributed by atoms with van der Waals surface area (Å²) in [6.45, 7) is 5.57. The number of rotatable bonds is 0. The molecular weight excluding hydrogens is 166 g/mol. The van der Waals surface area contributed by atoms with Crippen molar-refractivity contribution in [2.24, 2.45) is 0 Å². The predicted octanol–water partition coefficient (Wildman–Crippen LogP) is 1.36. The van der Waals surface area contributed by atoms with E-state index in [-0.39, 0.29) is 5.88 Å². The number of aryl methyl sites for hydroxylation is 2. The summed E-state index contributed by atoms with van der Waals surface area (Å²) in [5.41, 5.74) is 3.16. The highest BCUT2D eigenvalue weighted by Crippen LogP contribution is 2.19. The van der Waals surface area contributed by atoms with Crippen molar-refractivity contribution in [3.05, 3.63) is 23.0 Å². The maximum Gasteiger partial charge on any atom is 0.218 e. The Kier molecular flexibility index (Phi) is 1.52. The van der Waals surface area contributed by atoms with E-state index in [0.29, 0.717) is 5.65 Å². The van der Waals surface area contributed by atoms with Gasteiger partial charge in [0.25, 0.3) is 0 Å². The SMILES string of the molecule is Cc1cc2nc(C)c(C)c(O)n2n1. The molecule has 0 spiro atoms. The van der Waals surface area contributed by atoms with Crippen molar-refractivity contribution in [1.29, 1.82) is 0 Å². The van der Waals surface area contributed by atoms with Crippen LogP contribution in [0.3, 0.4) is 0 Å². The third-order valence-electron chi connectivity index (χ3n) is 2.17. The molecule has 4 heteroatoms. The Hall–Kier alpha value is -1.58. The summed E-state index contributed by atoms with van der Waals surface area (Å²) in [7, 11) is 0. The fourth-order valence-electron chi connectivity index (χ4n) is 1.30. The second-order valence-electron chi connectivity index (χ2n) is 3.20. The zero-order chi connectivity index (χ0) is 9.59. The molecule has 2 heterocycles. The number of hydrogen-bond acceptors (Lipinski definition) is 3. The molecule has 4 nitrogen and oxygen atoms in total. The predicted molar refractivity (Wildman–Crippen MR) is 48.9 cm³/mol. The minimum atomic E-state index is 0.176. The van der Waals surface area contributed by atoms with Crippen LogP contribution in [0, 0.1) is 20.8 Å². The Morgan fingerprint density at radius 2 is 2.00 bits per heavy atom. The largest absolute Gasteiger partial charge is 0.493 e. The van der Waals surface area contributed by atoms with Gasteiger partial charge in [-0.15, -0.1) is 0 Å². The highest BCUT2D eigenvalue weighted by atomic mass is 16.3. The summed E-state index contributed by atoms with van der Waals surface area (Å²) in [6, 6.07) is 1.84. The van der Waals surface area contributed by atoms with E-state index in [9.17, 15) is 5.11 Å². The molecule has 0 aliphatic carbocycles. The number of aromatic nitrogens is 3. The molecule has 0 fully saturated rings. The zero-order valence-electron chi connectivity index (χ0n) is 7.87. The zero-order valence-corrected chi connectivity index (χ0v) is 7.87. The van der Waals surface area contributed by atoms with E-state index in [0.717, 1.165) is 17.0 Å². The molecule has 1 N–H and O–H groups in total. The van der Waals surface area contributed by atoms with Crippen LogP contribution in [-0.4, -0.2) is 19.7 Å². The number of fused-ring (bicyclic) bond motifs is 1. The number of aromatic hydroxyl groups is 1. The highest BCUT2D eigenvalue weighted by molar-refractivity contribution is 5.45. The lowest BCUT2D eigenvalue weighted by molar-refractivity contribution is 0.429. The van der Waals surface area contributed by atoms with Gasteiger partial charge in [-0.05, 0) is 20.8 Å². The maximum absolute atomic E-state index is 9.71. The van der Waals surface area contributed by atoms with Crippen LogP contribution in [0.2, 0.25) is 0 Å². The van der Waals surface area contributed by atoms with Crippen LogP contribution in [-0.2, 0) is 0 Å². The van der Waals surface area contributed by atoms with Gasteiger partial charge in [-0.3, -0.25) is 0 Å². The topological polar surface area (TPSA) is 50.4 Å². The molecule has 2 aromatic heterocycles. The first-order valence-corrected chi connectivity index (χ1v) is 4.12. The van der Waals surface area contributed by atoms with Gasteiger partial charge in [0, 0.05) is 17.3 Å². The summed E-state index contributed by atoms with van der Waals surface area (Å²) >= 11 is 0. The molecule has 0 unspecified atom stereocenters. The van der Waals surface area contributed by atoms with Crippen molar-refractivity contribution >= 4 is 5.65 Å². The second-order valence-corrected chi connectivity index (χ2v) is 3.20. The Bertz CT molecular complexity index is 473. The molecule has 0 amide bonds. The molecular formula is C9H11N3O. The Morgan fingerprint density at radius 1 is 1.31 bits per heavy atom. The molecule has 68 valence electrons. The normalized spacial score (nSPS) is 11.0. The van der Waals surface area contributed by atoms with Crippen LogP contribution in [0.15, 0.2) is 6.07 Å². The molecule has 0 aliphatic rings. The number of hydrogen-bond donors (Lipinski definition) is 1. The van der Waals surface area contributed by atoms with Gasteiger partial charge >= 0.3 is 0 Å². The Labute approximate surface area is 75.8 Å². The lowest BCUT2D eigenvalue weighted by Gasteiger charge is -2.03. The summed E-state index contributed by atoms with van der Waals surface area (Å²) < 4.78 is 1.46. The van der Waals surface area contributed by atoms with Gasteiger partial charge in [0.1, 0.15) is 0 Å². The van der Waals surface area contributed by atoms with Crippen molar-refractivity contribution < 1.29 is 5.11 Å². The van der Waals surface area contributed by atoms with Crippen LogP contribution in [0.5, 0.6) is 5.88 Å². The van der Waals surface area contributed by atoms with Crippen molar-refractivity contribution in [2.75, 3.05) is 0 Å². The molecule has 0 saturated carbocycles. The van der Waals surface area contributed by atoms with Crippen LogP contribution < -0.4 is 0 Å². The maximum atomic E-state index is 9.71. The molecule has 13 heavy (non-hydrogen) atoms. The van der Waals surface area contributed by atoms with Gasteiger partial charge in [-0.2, -0.15) is 9.61 Å². The van der Waals surface area contributed by atoms with Gasteiger partial charge in [0.15, 0.2) is 5.65 Å². The fraction of sp³-hybridized carbons (Fsp3) is 0.333.